The maximum absolute atomic E-state index is 13.7. The second kappa shape index (κ2) is 8.53. The van der Waals surface area contributed by atoms with E-state index in [1.54, 1.807) is 0 Å². The normalized spacial score (nSPS) is 37.8. The van der Waals surface area contributed by atoms with Crippen molar-refractivity contribution in [1.29, 1.82) is 0 Å². The first-order chi connectivity index (χ1) is 17.9. The van der Waals surface area contributed by atoms with Crippen LogP contribution < -0.4 is 0 Å². The molecule has 7 rings (SSSR count). The van der Waals surface area contributed by atoms with Crippen LogP contribution in [-0.4, -0.2) is 17.0 Å². The zero-order valence-electron chi connectivity index (χ0n) is 22.4. The third kappa shape index (κ3) is 3.58. The van der Waals surface area contributed by atoms with Crippen LogP contribution >= 0.6 is 0 Å². The lowest BCUT2D eigenvalue weighted by Crippen LogP contribution is -2.50. The van der Waals surface area contributed by atoms with Crippen LogP contribution in [0.3, 0.4) is 0 Å². The Bertz CT molecular complexity index is 1320. The number of carbonyl (C=O) groups excluding carboxylic acids is 1. The van der Waals surface area contributed by atoms with Gasteiger partial charge in [0, 0.05) is 5.92 Å². The molecule has 7 atom stereocenters. The Kier molecular flexibility index (Phi) is 5.45. The van der Waals surface area contributed by atoms with E-state index < -0.39 is 0 Å². The Labute approximate surface area is 221 Å². The summed E-state index contributed by atoms with van der Waals surface area (Å²) < 4.78 is 0. The largest absolute Gasteiger partial charge is 0.393 e. The lowest BCUT2D eigenvalue weighted by Gasteiger charge is -2.57. The van der Waals surface area contributed by atoms with E-state index in [9.17, 15) is 9.90 Å². The highest BCUT2D eigenvalue weighted by molar-refractivity contribution is 5.96. The SMILES string of the molecule is C[C@]12CCC3C(CC=C4C[C@@H](O)CC[C@@]43C)C1CCC2C(=O)/C=C/c1ccc2c(c1)Cc1ccccc1-2. The molecule has 2 aromatic carbocycles. The third-order valence-electron chi connectivity index (χ3n) is 11.7. The lowest BCUT2D eigenvalue weighted by atomic mass is 9.47. The van der Waals surface area contributed by atoms with Crippen molar-refractivity contribution >= 4 is 11.9 Å². The topological polar surface area (TPSA) is 37.3 Å². The Balaban J connectivity index is 1.09. The van der Waals surface area contributed by atoms with Gasteiger partial charge in [0.25, 0.3) is 0 Å². The number of aliphatic hydroxyl groups excluding tert-OH is 1. The summed E-state index contributed by atoms with van der Waals surface area (Å²) in [6, 6.07) is 15.4. The summed E-state index contributed by atoms with van der Waals surface area (Å²) in [5.41, 5.74) is 8.52. The van der Waals surface area contributed by atoms with Crippen molar-refractivity contribution in [1.82, 2.24) is 0 Å². The predicted molar refractivity (Wildman–Crippen MR) is 150 cm³/mol. The summed E-state index contributed by atoms with van der Waals surface area (Å²) in [6.45, 7) is 4.93. The highest BCUT2D eigenvalue weighted by Gasteiger charge is 2.59. The molecule has 0 heterocycles. The van der Waals surface area contributed by atoms with E-state index in [0.29, 0.717) is 17.6 Å². The molecule has 0 spiro atoms. The van der Waals surface area contributed by atoms with Crippen molar-refractivity contribution in [2.24, 2.45) is 34.5 Å². The van der Waals surface area contributed by atoms with Gasteiger partial charge in [0.2, 0.25) is 0 Å². The molecule has 2 aromatic rings. The van der Waals surface area contributed by atoms with Crippen LogP contribution in [0.4, 0.5) is 0 Å². The van der Waals surface area contributed by atoms with Gasteiger partial charge in [0.1, 0.15) is 0 Å². The quantitative estimate of drug-likeness (QED) is 0.299. The van der Waals surface area contributed by atoms with E-state index in [0.717, 1.165) is 50.0 Å². The predicted octanol–water partition coefficient (Wildman–Crippen LogP) is 7.78. The van der Waals surface area contributed by atoms with E-state index in [4.69, 9.17) is 0 Å². The zero-order chi connectivity index (χ0) is 25.4. The zero-order valence-corrected chi connectivity index (χ0v) is 22.4. The number of allylic oxidation sites excluding steroid dienone is 2. The first-order valence-electron chi connectivity index (χ1n) is 14.7. The fourth-order valence-electron chi connectivity index (χ4n) is 9.67. The Morgan fingerprint density at radius 3 is 2.68 bits per heavy atom. The molecule has 4 unspecified atom stereocenters. The summed E-state index contributed by atoms with van der Waals surface area (Å²) in [7, 11) is 0. The van der Waals surface area contributed by atoms with E-state index >= 15 is 0 Å². The van der Waals surface area contributed by atoms with Gasteiger partial charge in [0.15, 0.2) is 5.78 Å². The van der Waals surface area contributed by atoms with Crippen LogP contribution in [0.5, 0.6) is 0 Å². The summed E-state index contributed by atoms with van der Waals surface area (Å²) in [5.74, 6) is 2.56. The number of ketones is 1. The maximum atomic E-state index is 13.7. The molecule has 3 saturated carbocycles. The molecule has 0 saturated heterocycles. The molecular formula is C35H40O2. The average Bonchev–Trinajstić information content (AvgIpc) is 3.45. The molecule has 2 nitrogen and oxygen atoms in total. The van der Waals surface area contributed by atoms with E-state index in [1.807, 2.05) is 6.08 Å². The number of hydrogen-bond donors (Lipinski definition) is 1. The Hall–Kier alpha value is -2.45. The van der Waals surface area contributed by atoms with Crippen molar-refractivity contribution in [2.45, 2.75) is 77.7 Å². The minimum Gasteiger partial charge on any atom is -0.393 e. The van der Waals surface area contributed by atoms with Crippen LogP contribution in [-0.2, 0) is 11.2 Å². The first kappa shape index (κ1) is 23.7. The number of carbonyl (C=O) groups is 1. The molecule has 3 fully saturated rings. The molecule has 0 radical (unpaired) electrons. The van der Waals surface area contributed by atoms with Crippen molar-refractivity contribution in [3.63, 3.8) is 0 Å². The molecule has 0 aromatic heterocycles. The van der Waals surface area contributed by atoms with Crippen LogP contribution in [0.1, 0.15) is 81.9 Å². The standard InChI is InChI=1S/C35H40O2/c1-34-17-15-26(36)21-25(34)9-11-29-30-12-13-32(35(30,2)18-16-31(29)34)33(37)14-8-22-7-10-28-24(19-22)20-23-5-3-4-6-27(23)28/h3-10,14,19,26,29-32,36H,11-13,15-18,20-21H2,1-2H3/b14-8+/t26-,29?,30?,31?,32?,34-,35-/m0/s1. The molecule has 0 aliphatic heterocycles. The van der Waals surface area contributed by atoms with E-state index in [-0.39, 0.29) is 22.9 Å². The molecule has 5 aliphatic carbocycles. The number of aliphatic hydroxyl groups is 1. The molecule has 5 aliphatic rings. The Morgan fingerprint density at radius 2 is 1.78 bits per heavy atom. The third-order valence-corrected chi connectivity index (χ3v) is 11.7. The van der Waals surface area contributed by atoms with Gasteiger partial charge in [0.05, 0.1) is 6.10 Å². The highest BCUT2D eigenvalue weighted by atomic mass is 16.3. The first-order valence-corrected chi connectivity index (χ1v) is 14.7. The molecule has 0 amide bonds. The number of benzene rings is 2. The summed E-state index contributed by atoms with van der Waals surface area (Å²) >= 11 is 0. The number of hydrogen-bond acceptors (Lipinski definition) is 2. The van der Waals surface area contributed by atoms with Gasteiger partial charge in [-0.3, -0.25) is 4.79 Å². The second-order valence-corrected chi connectivity index (χ2v) is 13.3. The average molecular weight is 493 g/mol. The molecular weight excluding hydrogens is 452 g/mol. The molecule has 37 heavy (non-hydrogen) atoms. The van der Waals surface area contributed by atoms with Crippen LogP contribution in [0, 0.1) is 34.5 Å². The van der Waals surface area contributed by atoms with Crippen molar-refractivity contribution in [3.05, 3.63) is 76.9 Å². The number of fused-ring (bicyclic) bond motifs is 8. The van der Waals surface area contributed by atoms with Crippen LogP contribution in [0.25, 0.3) is 17.2 Å². The number of rotatable bonds is 3. The monoisotopic (exact) mass is 492 g/mol. The molecule has 192 valence electrons. The lowest BCUT2D eigenvalue weighted by molar-refractivity contribution is -0.124. The van der Waals surface area contributed by atoms with Gasteiger partial charge in [-0.05, 0) is 120 Å². The van der Waals surface area contributed by atoms with Gasteiger partial charge in [-0.2, -0.15) is 0 Å². The van der Waals surface area contributed by atoms with Crippen LogP contribution in [0.2, 0.25) is 0 Å². The fourth-order valence-corrected chi connectivity index (χ4v) is 9.67. The highest BCUT2D eigenvalue weighted by Crippen LogP contribution is 2.66. The molecule has 2 heteroatoms. The van der Waals surface area contributed by atoms with Gasteiger partial charge in [-0.15, -0.1) is 0 Å². The van der Waals surface area contributed by atoms with Crippen molar-refractivity contribution in [3.8, 4) is 11.1 Å². The maximum Gasteiger partial charge on any atom is 0.159 e. The second-order valence-electron chi connectivity index (χ2n) is 13.3. The Morgan fingerprint density at radius 1 is 0.946 bits per heavy atom. The van der Waals surface area contributed by atoms with Crippen molar-refractivity contribution in [2.75, 3.05) is 0 Å². The van der Waals surface area contributed by atoms with E-state index in [1.165, 1.54) is 47.1 Å². The minimum atomic E-state index is -0.147. The fraction of sp³-hybridized carbons (Fsp3) is 0.514. The van der Waals surface area contributed by atoms with Gasteiger partial charge in [-0.25, -0.2) is 0 Å². The van der Waals surface area contributed by atoms with Crippen LogP contribution in [0.15, 0.2) is 60.2 Å². The summed E-state index contributed by atoms with van der Waals surface area (Å²) in [5, 5.41) is 10.3. The molecule has 1 N–H and O–H groups in total. The van der Waals surface area contributed by atoms with Gasteiger partial charge < -0.3 is 5.11 Å². The van der Waals surface area contributed by atoms with Gasteiger partial charge >= 0.3 is 0 Å². The van der Waals surface area contributed by atoms with E-state index in [2.05, 4.69) is 68.5 Å². The van der Waals surface area contributed by atoms with Gasteiger partial charge in [-0.1, -0.05) is 74.0 Å². The summed E-state index contributed by atoms with van der Waals surface area (Å²) in [6.07, 6.45) is 16.0. The minimum absolute atomic E-state index is 0.123. The molecule has 0 bridgehead atoms. The smallest absolute Gasteiger partial charge is 0.159 e. The summed E-state index contributed by atoms with van der Waals surface area (Å²) in [4.78, 5) is 13.7. The van der Waals surface area contributed by atoms with Crippen molar-refractivity contribution < 1.29 is 9.90 Å².